The van der Waals surface area contributed by atoms with Crippen molar-refractivity contribution in [2.24, 2.45) is 5.92 Å². The van der Waals surface area contributed by atoms with Crippen LogP contribution in [-0.2, 0) is 11.2 Å². The van der Waals surface area contributed by atoms with E-state index in [1.54, 1.807) is 12.1 Å². The van der Waals surface area contributed by atoms with Crippen molar-refractivity contribution in [1.29, 1.82) is 0 Å². The van der Waals surface area contributed by atoms with Gasteiger partial charge >= 0.3 is 0 Å². The molecule has 1 fully saturated rings. The lowest BCUT2D eigenvalue weighted by Crippen LogP contribution is -2.40. The molecule has 1 aliphatic rings. The first-order valence-electron chi connectivity index (χ1n) is 11.8. The van der Waals surface area contributed by atoms with E-state index in [9.17, 15) is 14.7 Å². The van der Waals surface area contributed by atoms with Gasteiger partial charge < -0.3 is 10.0 Å². The molecule has 2 aromatic carbocycles. The molecule has 0 spiro atoms. The predicted molar refractivity (Wildman–Crippen MR) is 130 cm³/mol. The molecule has 7 nitrogen and oxygen atoms in total. The highest BCUT2D eigenvalue weighted by Gasteiger charge is 2.28. The minimum absolute atomic E-state index is 0.0846. The fourth-order valence-electron chi connectivity index (χ4n) is 4.98. The molecular weight excluding hydrogens is 428 g/mol. The van der Waals surface area contributed by atoms with Gasteiger partial charge in [0.25, 0.3) is 0 Å². The van der Waals surface area contributed by atoms with E-state index >= 15 is 0 Å². The Morgan fingerprint density at radius 3 is 2.47 bits per heavy atom. The van der Waals surface area contributed by atoms with Crippen LogP contribution in [0.25, 0.3) is 16.6 Å². The Bertz CT molecular complexity index is 1380. The monoisotopic (exact) mass is 456 g/mol. The van der Waals surface area contributed by atoms with E-state index in [1.807, 2.05) is 47.5 Å². The number of phenols is 1. The summed E-state index contributed by atoms with van der Waals surface area (Å²) in [5, 5.41) is 15.2. The highest BCUT2D eigenvalue weighted by atomic mass is 16.3. The summed E-state index contributed by atoms with van der Waals surface area (Å²) >= 11 is 0. The Labute approximate surface area is 198 Å². The zero-order valence-corrected chi connectivity index (χ0v) is 19.5. The first kappa shape index (κ1) is 22.1. The van der Waals surface area contributed by atoms with Gasteiger partial charge in [0.2, 0.25) is 5.91 Å². The van der Waals surface area contributed by atoms with E-state index in [-0.39, 0.29) is 23.4 Å². The first-order valence-corrected chi connectivity index (χ1v) is 11.8. The fraction of sp³-hybridized carbons (Fsp3) is 0.333. The van der Waals surface area contributed by atoms with Crippen molar-refractivity contribution >= 4 is 28.2 Å². The van der Waals surface area contributed by atoms with Gasteiger partial charge in [0.1, 0.15) is 5.75 Å². The highest BCUT2D eigenvalue weighted by molar-refractivity contribution is 5.98. The van der Waals surface area contributed by atoms with Gasteiger partial charge in [0, 0.05) is 47.8 Å². The summed E-state index contributed by atoms with van der Waals surface area (Å²) in [6.07, 6.45) is 2.35. The lowest BCUT2D eigenvalue weighted by atomic mass is 9.88. The quantitative estimate of drug-likeness (QED) is 0.454. The van der Waals surface area contributed by atoms with E-state index < -0.39 is 0 Å². The number of aryl methyl sites for hydroxylation is 2. The van der Waals surface area contributed by atoms with Crippen molar-refractivity contribution in [1.82, 2.24) is 19.5 Å². The van der Waals surface area contributed by atoms with Crippen LogP contribution in [0.5, 0.6) is 5.75 Å². The first-order chi connectivity index (χ1) is 16.4. The molecule has 0 atom stereocenters. The van der Waals surface area contributed by atoms with Crippen LogP contribution < -0.4 is 0 Å². The van der Waals surface area contributed by atoms with Crippen LogP contribution in [0.3, 0.4) is 0 Å². The number of aromatic nitrogens is 3. The van der Waals surface area contributed by atoms with Gasteiger partial charge in [-0.1, -0.05) is 12.1 Å². The van der Waals surface area contributed by atoms with E-state index in [0.717, 1.165) is 33.5 Å². The molecule has 1 N–H and O–H groups in total. The van der Waals surface area contributed by atoms with Crippen molar-refractivity contribution < 1.29 is 14.7 Å². The van der Waals surface area contributed by atoms with Crippen LogP contribution >= 0.6 is 0 Å². The SMILES string of the molecule is Cc1nc2c3ccccc3nn2c(C)c1CCC(=O)N1CCC(C(=O)c2ccc(O)cc2)CC1. The molecule has 7 heteroatoms. The molecule has 0 saturated carbocycles. The van der Waals surface area contributed by atoms with Gasteiger partial charge in [0.05, 0.1) is 5.52 Å². The number of rotatable bonds is 5. The van der Waals surface area contributed by atoms with Crippen LogP contribution in [0.2, 0.25) is 0 Å². The maximum Gasteiger partial charge on any atom is 0.222 e. The Morgan fingerprint density at radius 1 is 1.03 bits per heavy atom. The third kappa shape index (κ3) is 4.02. The minimum atomic E-state index is -0.0846. The summed E-state index contributed by atoms with van der Waals surface area (Å²) in [5.41, 5.74) is 5.39. The number of piperidine rings is 1. The molecule has 5 rings (SSSR count). The molecular formula is C27H28N4O3. The van der Waals surface area contributed by atoms with Gasteiger partial charge in [-0.05, 0) is 75.1 Å². The maximum atomic E-state index is 13.0. The number of carbonyl (C=O) groups is 2. The lowest BCUT2D eigenvalue weighted by Gasteiger charge is -2.31. The van der Waals surface area contributed by atoms with Gasteiger partial charge in [-0.25, -0.2) is 9.50 Å². The molecule has 34 heavy (non-hydrogen) atoms. The predicted octanol–water partition coefficient (Wildman–Crippen LogP) is 4.26. The molecule has 0 radical (unpaired) electrons. The van der Waals surface area contributed by atoms with Crippen molar-refractivity contribution in [3.63, 3.8) is 0 Å². The standard InChI is InChI=1S/C27H28N4O3/c1-17-22(18(2)31-27(28-17)23-5-3-4-6-24(23)29-31)11-12-25(33)30-15-13-20(14-16-30)26(34)19-7-9-21(32)10-8-19/h3-10,20,32H,11-16H2,1-2H3. The Hall–Kier alpha value is -3.74. The fourth-order valence-corrected chi connectivity index (χ4v) is 4.98. The second-order valence-electron chi connectivity index (χ2n) is 9.08. The Kier molecular flexibility index (Phi) is 5.77. The van der Waals surface area contributed by atoms with Crippen molar-refractivity contribution in [3.8, 4) is 5.75 Å². The third-order valence-electron chi connectivity index (χ3n) is 6.98. The topological polar surface area (TPSA) is 87.8 Å². The normalized spacial score (nSPS) is 14.7. The molecule has 2 aromatic heterocycles. The Balaban J connectivity index is 1.23. The molecule has 1 aliphatic heterocycles. The largest absolute Gasteiger partial charge is 0.508 e. The van der Waals surface area contributed by atoms with E-state index in [1.165, 1.54) is 12.1 Å². The summed E-state index contributed by atoms with van der Waals surface area (Å²) < 4.78 is 1.89. The van der Waals surface area contributed by atoms with E-state index in [4.69, 9.17) is 10.1 Å². The number of ketones is 1. The summed E-state index contributed by atoms with van der Waals surface area (Å²) in [5.74, 6) is 0.264. The van der Waals surface area contributed by atoms with E-state index in [0.29, 0.717) is 44.3 Å². The molecule has 1 amide bonds. The molecule has 0 unspecified atom stereocenters. The number of amides is 1. The average Bonchev–Trinajstić information content (AvgIpc) is 3.23. The lowest BCUT2D eigenvalue weighted by molar-refractivity contribution is -0.132. The summed E-state index contributed by atoms with van der Waals surface area (Å²) in [4.78, 5) is 32.4. The number of hydrogen-bond donors (Lipinski definition) is 1. The number of benzene rings is 2. The molecule has 1 saturated heterocycles. The molecule has 0 bridgehead atoms. The summed E-state index contributed by atoms with van der Waals surface area (Å²) in [6, 6.07) is 14.4. The van der Waals surface area contributed by atoms with Gasteiger partial charge in [-0.3, -0.25) is 9.59 Å². The van der Waals surface area contributed by atoms with Gasteiger partial charge in [-0.2, -0.15) is 5.10 Å². The summed E-state index contributed by atoms with van der Waals surface area (Å²) in [7, 11) is 0. The second-order valence-corrected chi connectivity index (χ2v) is 9.08. The van der Waals surface area contributed by atoms with Crippen LogP contribution in [0.1, 0.15) is 46.6 Å². The second kappa shape index (κ2) is 8.89. The summed E-state index contributed by atoms with van der Waals surface area (Å²) in [6.45, 7) is 5.21. The Morgan fingerprint density at radius 2 is 1.74 bits per heavy atom. The van der Waals surface area contributed by atoms with Gasteiger partial charge in [0.15, 0.2) is 11.4 Å². The van der Waals surface area contributed by atoms with Crippen LogP contribution in [-0.4, -0.2) is 49.4 Å². The number of hydrogen-bond acceptors (Lipinski definition) is 5. The number of carbonyl (C=O) groups excluding carboxylic acids is 2. The van der Waals surface area contributed by atoms with Crippen LogP contribution in [0.4, 0.5) is 0 Å². The molecule has 4 aromatic rings. The molecule has 0 aliphatic carbocycles. The van der Waals surface area contributed by atoms with Crippen LogP contribution in [0, 0.1) is 19.8 Å². The van der Waals surface area contributed by atoms with Crippen LogP contribution in [0.15, 0.2) is 48.5 Å². The third-order valence-corrected chi connectivity index (χ3v) is 6.98. The number of likely N-dealkylation sites (tertiary alicyclic amines) is 1. The number of fused-ring (bicyclic) bond motifs is 3. The van der Waals surface area contributed by atoms with Crippen molar-refractivity contribution in [2.45, 2.75) is 39.5 Å². The number of phenolic OH excluding ortho intramolecular Hbond substituents is 1. The average molecular weight is 457 g/mol. The zero-order chi connectivity index (χ0) is 23.8. The zero-order valence-electron chi connectivity index (χ0n) is 19.5. The van der Waals surface area contributed by atoms with Gasteiger partial charge in [-0.15, -0.1) is 0 Å². The number of nitrogens with zero attached hydrogens (tertiary/aromatic N) is 4. The van der Waals surface area contributed by atoms with E-state index in [2.05, 4.69) is 0 Å². The smallest absolute Gasteiger partial charge is 0.222 e. The van der Waals surface area contributed by atoms with Crippen molar-refractivity contribution in [2.75, 3.05) is 13.1 Å². The molecule has 174 valence electrons. The van der Waals surface area contributed by atoms with Crippen molar-refractivity contribution in [3.05, 3.63) is 71.0 Å². The maximum absolute atomic E-state index is 13.0. The minimum Gasteiger partial charge on any atom is -0.508 e. The number of Topliss-reactive ketones (excluding diaryl/α,β-unsaturated/α-hetero) is 1. The molecule has 3 heterocycles. The number of aromatic hydroxyl groups is 1. The highest BCUT2D eigenvalue weighted by Crippen LogP contribution is 2.25.